The molecule has 1 atom stereocenters. The van der Waals surface area contributed by atoms with Gasteiger partial charge in [0, 0.05) is 10.3 Å². The predicted molar refractivity (Wildman–Crippen MR) is 104 cm³/mol. The van der Waals surface area contributed by atoms with Crippen LogP contribution < -0.4 is 10.1 Å². The fourth-order valence-electron chi connectivity index (χ4n) is 2.56. The predicted octanol–water partition coefficient (Wildman–Crippen LogP) is 4.52. The molecule has 0 heterocycles. The molecule has 25 heavy (non-hydrogen) atoms. The summed E-state index contributed by atoms with van der Waals surface area (Å²) in [6, 6.07) is 24.1. The smallest absolute Gasteiger partial charge is 0.233 e. The maximum atomic E-state index is 12.2. The number of benzene rings is 3. The highest BCUT2D eigenvalue weighted by atomic mass is 32.2. The fraction of sp³-hybridized carbons (Fsp3) is 0.190. The Kier molecular flexibility index (Phi) is 5.96. The monoisotopic (exact) mass is 351 g/mol. The van der Waals surface area contributed by atoms with E-state index in [1.54, 1.807) is 11.8 Å². The maximum Gasteiger partial charge on any atom is 0.233 e. The Balaban J connectivity index is 1.47. The van der Waals surface area contributed by atoms with E-state index in [-0.39, 0.29) is 11.2 Å². The van der Waals surface area contributed by atoms with Crippen LogP contribution in [0.2, 0.25) is 0 Å². The number of carbonyl (C=O) groups excluding carboxylic acids is 1. The third-order valence-electron chi connectivity index (χ3n) is 3.83. The Morgan fingerprint density at radius 3 is 2.56 bits per heavy atom. The van der Waals surface area contributed by atoms with Gasteiger partial charge < -0.3 is 10.1 Å². The molecule has 0 bridgehead atoms. The summed E-state index contributed by atoms with van der Waals surface area (Å²) in [6.45, 7) is 2.85. The number of ether oxygens (including phenoxy) is 1. The van der Waals surface area contributed by atoms with Crippen LogP contribution >= 0.6 is 11.8 Å². The summed E-state index contributed by atoms with van der Waals surface area (Å²) in [5.41, 5.74) is 0. The Morgan fingerprint density at radius 2 is 1.72 bits per heavy atom. The molecule has 0 aliphatic heterocycles. The van der Waals surface area contributed by atoms with Crippen LogP contribution in [-0.4, -0.2) is 24.3 Å². The van der Waals surface area contributed by atoms with Crippen molar-refractivity contribution in [1.82, 2.24) is 5.32 Å². The van der Waals surface area contributed by atoms with Gasteiger partial charge in [-0.1, -0.05) is 54.6 Å². The van der Waals surface area contributed by atoms with Crippen LogP contribution in [0.25, 0.3) is 10.8 Å². The zero-order valence-electron chi connectivity index (χ0n) is 14.1. The second kappa shape index (κ2) is 8.58. The first-order valence-electron chi connectivity index (χ1n) is 8.34. The number of thioether (sulfide) groups is 1. The number of hydrogen-bond donors (Lipinski definition) is 1. The van der Waals surface area contributed by atoms with E-state index in [0.29, 0.717) is 13.2 Å². The van der Waals surface area contributed by atoms with E-state index in [9.17, 15) is 4.79 Å². The number of rotatable bonds is 7. The molecule has 3 nitrogen and oxygen atoms in total. The van der Waals surface area contributed by atoms with E-state index >= 15 is 0 Å². The standard InChI is InChI=1S/C21H21NO2S/c1-16(25-18-10-3-2-4-11-18)21(23)22-14-15-24-20-13-7-9-17-8-5-6-12-19(17)20/h2-13,16H,14-15H2,1H3,(H,22,23)/t16-/m0/s1. The van der Waals surface area contributed by atoms with Crippen LogP contribution in [0.5, 0.6) is 5.75 Å². The van der Waals surface area contributed by atoms with Gasteiger partial charge >= 0.3 is 0 Å². The molecule has 0 aliphatic rings. The summed E-state index contributed by atoms with van der Waals surface area (Å²) in [7, 11) is 0. The largest absolute Gasteiger partial charge is 0.491 e. The summed E-state index contributed by atoms with van der Waals surface area (Å²) >= 11 is 1.56. The van der Waals surface area contributed by atoms with Crippen LogP contribution in [0.15, 0.2) is 77.7 Å². The Hall–Kier alpha value is -2.46. The molecule has 0 radical (unpaired) electrons. The van der Waals surface area contributed by atoms with Gasteiger partial charge in [-0.25, -0.2) is 0 Å². The Labute approximate surface area is 152 Å². The molecule has 0 aliphatic carbocycles. The topological polar surface area (TPSA) is 38.3 Å². The highest BCUT2D eigenvalue weighted by Crippen LogP contribution is 2.25. The lowest BCUT2D eigenvalue weighted by atomic mass is 10.1. The van der Waals surface area contributed by atoms with Crippen molar-refractivity contribution in [3.63, 3.8) is 0 Å². The highest BCUT2D eigenvalue weighted by molar-refractivity contribution is 8.00. The second-order valence-electron chi connectivity index (χ2n) is 5.69. The van der Waals surface area contributed by atoms with Crippen LogP contribution in [0.3, 0.4) is 0 Å². The van der Waals surface area contributed by atoms with Crippen molar-refractivity contribution in [1.29, 1.82) is 0 Å². The molecule has 3 aromatic carbocycles. The first-order chi connectivity index (χ1) is 12.2. The molecule has 0 saturated heterocycles. The SMILES string of the molecule is C[C@H](Sc1ccccc1)C(=O)NCCOc1cccc2ccccc12. The number of nitrogens with one attached hydrogen (secondary N) is 1. The van der Waals surface area contributed by atoms with E-state index in [0.717, 1.165) is 21.4 Å². The molecule has 0 unspecified atom stereocenters. The minimum absolute atomic E-state index is 0.0235. The molecule has 128 valence electrons. The summed E-state index contributed by atoms with van der Waals surface area (Å²) in [5.74, 6) is 0.870. The van der Waals surface area contributed by atoms with E-state index < -0.39 is 0 Å². The second-order valence-corrected chi connectivity index (χ2v) is 7.10. The summed E-state index contributed by atoms with van der Waals surface area (Å²) in [4.78, 5) is 13.3. The van der Waals surface area contributed by atoms with Crippen molar-refractivity contribution in [3.8, 4) is 5.75 Å². The van der Waals surface area contributed by atoms with Gasteiger partial charge in [0.05, 0.1) is 11.8 Å². The quantitative estimate of drug-likeness (QED) is 0.502. The number of carbonyl (C=O) groups is 1. The first kappa shape index (κ1) is 17.4. The summed E-state index contributed by atoms with van der Waals surface area (Å²) in [6.07, 6.45) is 0. The zero-order chi connectivity index (χ0) is 17.5. The van der Waals surface area contributed by atoms with Crippen molar-refractivity contribution >= 4 is 28.4 Å². The molecular weight excluding hydrogens is 330 g/mol. The van der Waals surface area contributed by atoms with Gasteiger partial charge in [-0.05, 0) is 30.5 Å². The normalized spacial score (nSPS) is 11.9. The molecular formula is C21H21NO2S. The molecule has 0 aromatic heterocycles. The highest BCUT2D eigenvalue weighted by Gasteiger charge is 2.13. The van der Waals surface area contributed by atoms with Crippen molar-refractivity contribution in [3.05, 3.63) is 72.8 Å². The molecule has 4 heteroatoms. The van der Waals surface area contributed by atoms with E-state index in [1.807, 2.05) is 67.6 Å². The Bertz CT molecular complexity index is 830. The number of amides is 1. The van der Waals surface area contributed by atoms with Gasteiger partial charge in [-0.3, -0.25) is 4.79 Å². The van der Waals surface area contributed by atoms with Gasteiger partial charge in [0.1, 0.15) is 12.4 Å². The van der Waals surface area contributed by atoms with Gasteiger partial charge in [0.25, 0.3) is 0 Å². The fourth-order valence-corrected chi connectivity index (χ4v) is 3.47. The number of hydrogen-bond acceptors (Lipinski definition) is 3. The molecule has 0 fully saturated rings. The van der Waals surface area contributed by atoms with Gasteiger partial charge in [-0.2, -0.15) is 0 Å². The average Bonchev–Trinajstić information content (AvgIpc) is 2.66. The lowest BCUT2D eigenvalue weighted by molar-refractivity contribution is -0.120. The van der Waals surface area contributed by atoms with Gasteiger partial charge in [0.15, 0.2) is 0 Å². The third-order valence-corrected chi connectivity index (χ3v) is 4.95. The Morgan fingerprint density at radius 1 is 1.00 bits per heavy atom. The van der Waals surface area contributed by atoms with Crippen molar-refractivity contribution in [2.45, 2.75) is 17.1 Å². The van der Waals surface area contributed by atoms with Gasteiger partial charge in [0.2, 0.25) is 5.91 Å². The van der Waals surface area contributed by atoms with Crippen molar-refractivity contribution < 1.29 is 9.53 Å². The third kappa shape index (κ3) is 4.77. The van der Waals surface area contributed by atoms with Crippen molar-refractivity contribution in [2.24, 2.45) is 0 Å². The van der Waals surface area contributed by atoms with E-state index in [4.69, 9.17) is 4.74 Å². The minimum atomic E-state index is -0.139. The minimum Gasteiger partial charge on any atom is -0.491 e. The molecule has 3 aromatic rings. The van der Waals surface area contributed by atoms with Crippen LogP contribution in [-0.2, 0) is 4.79 Å². The molecule has 1 N–H and O–H groups in total. The van der Waals surface area contributed by atoms with Crippen LogP contribution in [0.1, 0.15) is 6.92 Å². The molecule has 1 amide bonds. The van der Waals surface area contributed by atoms with Crippen molar-refractivity contribution in [2.75, 3.05) is 13.2 Å². The van der Waals surface area contributed by atoms with Gasteiger partial charge in [-0.15, -0.1) is 11.8 Å². The summed E-state index contributed by atoms with van der Waals surface area (Å²) < 4.78 is 5.85. The number of fused-ring (bicyclic) bond motifs is 1. The van der Waals surface area contributed by atoms with Crippen LogP contribution in [0.4, 0.5) is 0 Å². The molecule has 0 saturated carbocycles. The lowest BCUT2D eigenvalue weighted by Gasteiger charge is -2.13. The van der Waals surface area contributed by atoms with E-state index in [1.165, 1.54) is 0 Å². The average molecular weight is 351 g/mol. The molecule has 0 spiro atoms. The first-order valence-corrected chi connectivity index (χ1v) is 9.22. The lowest BCUT2D eigenvalue weighted by Crippen LogP contribution is -2.33. The zero-order valence-corrected chi connectivity index (χ0v) is 15.0. The van der Waals surface area contributed by atoms with E-state index in [2.05, 4.69) is 17.4 Å². The maximum absolute atomic E-state index is 12.2. The van der Waals surface area contributed by atoms with Crippen LogP contribution in [0, 0.1) is 0 Å². The molecule has 3 rings (SSSR count). The summed E-state index contributed by atoms with van der Waals surface area (Å²) in [5, 5.41) is 5.03.